The number of carbonyl (C=O) groups excluding carboxylic acids is 1. The van der Waals surface area contributed by atoms with Gasteiger partial charge in [0.1, 0.15) is 0 Å². The Morgan fingerprint density at radius 1 is 1.23 bits per heavy atom. The van der Waals surface area contributed by atoms with E-state index >= 15 is 0 Å². The predicted octanol–water partition coefficient (Wildman–Crippen LogP) is 4.45. The normalized spacial score (nSPS) is 22.9. The topological polar surface area (TPSA) is 66.5 Å². The summed E-state index contributed by atoms with van der Waals surface area (Å²) in [7, 11) is -3.45. The Morgan fingerprint density at radius 3 is 2.70 bits per heavy atom. The molecule has 2 aromatic rings. The van der Waals surface area contributed by atoms with Gasteiger partial charge in [-0.1, -0.05) is 31.5 Å². The lowest BCUT2D eigenvalue weighted by molar-refractivity contribution is 0.0951. The first-order valence-corrected chi connectivity index (χ1v) is 13.2. The number of hydrogen-bond donors (Lipinski definition) is 1. The second-order valence-electron chi connectivity index (χ2n) is 8.68. The van der Waals surface area contributed by atoms with E-state index in [-0.39, 0.29) is 16.6 Å². The molecule has 4 rings (SSSR count). The molecular weight excluding hydrogens is 440 g/mol. The molecule has 2 atom stereocenters. The molecule has 30 heavy (non-hydrogen) atoms. The minimum Gasteiger partial charge on any atom is -0.351 e. The lowest BCUT2D eigenvalue weighted by Gasteiger charge is -2.34. The van der Waals surface area contributed by atoms with Gasteiger partial charge in [-0.05, 0) is 55.0 Å². The molecule has 8 heteroatoms. The van der Waals surface area contributed by atoms with Gasteiger partial charge in [-0.15, -0.1) is 11.3 Å². The number of sulfone groups is 1. The molecule has 1 saturated heterocycles. The van der Waals surface area contributed by atoms with E-state index in [1.807, 2.05) is 0 Å². The highest BCUT2D eigenvalue weighted by atomic mass is 35.5. The third kappa shape index (κ3) is 4.59. The van der Waals surface area contributed by atoms with E-state index in [1.165, 1.54) is 23.8 Å². The summed E-state index contributed by atoms with van der Waals surface area (Å²) in [4.78, 5) is 16.8. The summed E-state index contributed by atoms with van der Waals surface area (Å²) >= 11 is 7.35. The molecular formula is C22H27ClN2O3S2. The molecule has 1 fully saturated rings. The van der Waals surface area contributed by atoms with Crippen LogP contribution in [0.2, 0.25) is 5.02 Å². The maximum atomic E-state index is 12.7. The summed E-state index contributed by atoms with van der Waals surface area (Å²) in [5.41, 5.74) is 1.33. The van der Waals surface area contributed by atoms with Crippen LogP contribution in [0.5, 0.6) is 0 Å². The van der Waals surface area contributed by atoms with Crippen LogP contribution >= 0.6 is 22.9 Å². The molecule has 2 unspecified atom stereocenters. The number of fused-ring (bicyclic) bond motifs is 3. The van der Waals surface area contributed by atoms with E-state index in [1.54, 1.807) is 18.2 Å². The lowest BCUT2D eigenvalue weighted by Crippen LogP contribution is -2.40. The van der Waals surface area contributed by atoms with E-state index in [4.69, 9.17) is 11.6 Å². The minimum absolute atomic E-state index is 0.0925. The van der Waals surface area contributed by atoms with Gasteiger partial charge in [-0.25, -0.2) is 8.42 Å². The molecule has 2 aliphatic rings. The smallest absolute Gasteiger partial charge is 0.261 e. The fourth-order valence-corrected chi connectivity index (χ4v) is 7.80. The molecule has 0 aliphatic carbocycles. The molecule has 0 spiro atoms. The second-order valence-corrected chi connectivity index (χ2v) is 12.1. The van der Waals surface area contributed by atoms with E-state index < -0.39 is 9.84 Å². The first-order chi connectivity index (χ1) is 14.2. The molecule has 1 aromatic carbocycles. The van der Waals surface area contributed by atoms with Gasteiger partial charge < -0.3 is 10.2 Å². The number of carbonyl (C=O) groups is 1. The van der Waals surface area contributed by atoms with Crippen molar-refractivity contribution in [2.24, 2.45) is 11.8 Å². The van der Waals surface area contributed by atoms with Crippen molar-refractivity contribution >= 4 is 38.7 Å². The SMILES string of the molecule is CC1CC(C)CN(CCCNC(=O)c2cc3c(s2)-c2ccc(Cl)cc2S(=O)(=O)C3)C1. The number of nitrogens with zero attached hydrogens (tertiary/aromatic N) is 1. The molecule has 1 aromatic heterocycles. The maximum absolute atomic E-state index is 12.7. The van der Waals surface area contributed by atoms with E-state index in [0.29, 0.717) is 27.6 Å². The van der Waals surface area contributed by atoms with Crippen LogP contribution in [0.25, 0.3) is 10.4 Å². The fourth-order valence-electron chi connectivity index (χ4n) is 4.67. The fraction of sp³-hybridized carbons (Fsp3) is 0.500. The van der Waals surface area contributed by atoms with Gasteiger partial charge in [-0.2, -0.15) is 0 Å². The predicted molar refractivity (Wildman–Crippen MR) is 122 cm³/mol. The van der Waals surface area contributed by atoms with Crippen LogP contribution in [0.3, 0.4) is 0 Å². The van der Waals surface area contributed by atoms with Gasteiger partial charge in [0, 0.05) is 35.1 Å². The van der Waals surface area contributed by atoms with Gasteiger partial charge >= 0.3 is 0 Å². The highest BCUT2D eigenvalue weighted by Gasteiger charge is 2.31. The summed E-state index contributed by atoms with van der Waals surface area (Å²) in [5, 5.41) is 3.39. The average molecular weight is 467 g/mol. The van der Waals surface area contributed by atoms with Crippen molar-refractivity contribution in [3.63, 3.8) is 0 Å². The standard InChI is InChI=1S/C22H27ClN2O3S2/c1-14-8-15(2)12-25(11-14)7-3-6-24-22(26)19-9-16-13-30(27,28)20-10-17(23)4-5-18(20)21(16)29-19/h4-5,9-10,14-15H,3,6-8,11-13H2,1-2H3,(H,24,26). The van der Waals surface area contributed by atoms with E-state index in [9.17, 15) is 13.2 Å². The number of amides is 1. The Morgan fingerprint density at radius 2 is 1.97 bits per heavy atom. The van der Waals surface area contributed by atoms with Crippen molar-refractivity contribution in [1.29, 1.82) is 0 Å². The number of piperidine rings is 1. The first kappa shape index (κ1) is 21.8. The number of halogens is 1. The number of nitrogens with one attached hydrogen (secondary N) is 1. The molecule has 0 saturated carbocycles. The average Bonchev–Trinajstić information content (AvgIpc) is 3.07. The zero-order chi connectivity index (χ0) is 21.5. The Labute approximate surface area is 187 Å². The van der Waals surface area contributed by atoms with Crippen LogP contribution in [-0.2, 0) is 15.6 Å². The molecule has 2 aliphatic heterocycles. The van der Waals surface area contributed by atoms with Crippen molar-refractivity contribution < 1.29 is 13.2 Å². The quantitative estimate of drug-likeness (QED) is 0.661. The molecule has 0 bridgehead atoms. The summed E-state index contributed by atoms with van der Waals surface area (Å²) in [6, 6.07) is 6.63. The summed E-state index contributed by atoms with van der Waals surface area (Å²) < 4.78 is 25.2. The van der Waals surface area contributed by atoms with Crippen molar-refractivity contribution in [2.45, 2.75) is 37.3 Å². The van der Waals surface area contributed by atoms with Gasteiger partial charge in [0.2, 0.25) is 0 Å². The maximum Gasteiger partial charge on any atom is 0.261 e. The first-order valence-electron chi connectivity index (χ1n) is 10.4. The monoisotopic (exact) mass is 466 g/mol. The van der Waals surface area contributed by atoms with Crippen molar-refractivity contribution in [3.05, 3.63) is 39.7 Å². The van der Waals surface area contributed by atoms with Crippen LogP contribution in [-0.4, -0.2) is 45.4 Å². The number of hydrogen-bond acceptors (Lipinski definition) is 5. The van der Waals surface area contributed by atoms with Crippen molar-refractivity contribution in [1.82, 2.24) is 10.2 Å². The zero-order valence-electron chi connectivity index (χ0n) is 17.3. The van der Waals surface area contributed by atoms with Crippen LogP contribution in [0, 0.1) is 11.8 Å². The van der Waals surface area contributed by atoms with Gasteiger partial charge in [0.15, 0.2) is 9.84 Å². The minimum atomic E-state index is -3.45. The number of benzene rings is 1. The third-order valence-electron chi connectivity index (χ3n) is 5.78. The third-order valence-corrected chi connectivity index (χ3v) is 8.93. The molecule has 5 nitrogen and oxygen atoms in total. The number of likely N-dealkylation sites (tertiary alicyclic amines) is 1. The van der Waals surface area contributed by atoms with E-state index in [0.717, 1.165) is 42.8 Å². The Kier molecular flexibility index (Phi) is 6.26. The lowest BCUT2D eigenvalue weighted by atomic mass is 9.92. The Balaban J connectivity index is 1.39. The summed E-state index contributed by atoms with van der Waals surface area (Å²) in [5.74, 6) is 1.23. The highest BCUT2D eigenvalue weighted by Crippen LogP contribution is 2.43. The van der Waals surface area contributed by atoms with Gasteiger partial charge in [0.05, 0.1) is 15.5 Å². The Hall–Kier alpha value is -1.41. The van der Waals surface area contributed by atoms with Gasteiger partial charge in [-0.3, -0.25) is 4.79 Å². The molecule has 1 N–H and O–H groups in total. The van der Waals surface area contributed by atoms with Crippen LogP contribution in [0.1, 0.15) is 41.9 Å². The summed E-state index contributed by atoms with van der Waals surface area (Å²) in [6.07, 6.45) is 2.20. The molecule has 0 radical (unpaired) electrons. The summed E-state index contributed by atoms with van der Waals surface area (Å²) in [6.45, 7) is 8.47. The van der Waals surface area contributed by atoms with Crippen molar-refractivity contribution in [2.75, 3.05) is 26.2 Å². The number of rotatable bonds is 5. The number of thiophene rings is 1. The van der Waals surface area contributed by atoms with Crippen molar-refractivity contribution in [3.8, 4) is 10.4 Å². The van der Waals surface area contributed by atoms with Crippen LogP contribution in [0.15, 0.2) is 29.2 Å². The largest absolute Gasteiger partial charge is 0.351 e. The van der Waals surface area contributed by atoms with Crippen LogP contribution < -0.4 is 5.32 Å². The molecule has 162 valence electrons. The Bertz CT molecular complexity index is 1050. The van der Waals surface area contributed by atoms with E-state index in [2.05, 4.69) is 24.1 Å². The van der Waals surface area contributed by atoms with Gasteiger partial charge in [0.25, 0.3) is 5.91 Å². The second kappa shape index (κ2) is 8.61. The molecule has 3 heterocycles. The molecule has 1 amide bonds. The zero-order valence-corrected chi connectivity index (χ0v) is 19.7. The van der Waals surface area contributed by atoms with Crippen LogP contribution in [0.4, 0.5) is 0 Å². The highest BCUT2D eigenvalue weighted by molar-refractivity contribution is 7.91.